The van der Waals surface area contributed by atoms with Crippen molar-refractivity contribution < 1.29 is 0 Å². The largest absolute Gasteiger partial charge is 0.336 e. The lowest BCUT2D eigenvalue weighted by Gasteiger charge is -2.27. The molecule has 0 spiro atoms. The average molecular weight is 355 g/mol. The monoisotopic (exact) mass is 354 g/mol. The van der Waals surface area contributed by atoms with Crippen molar-refractivity contribution in [1.29, 1.82) is 0 Å². The normalized spacial score (nSPS) is 22.4. The van der Waals surface area contributed by atoms with Crippen LogP contribution >= 0.6 is 24.4 Å². The highest BCUT2D eigenvalue weighted by molar-refractivity contribution is 7.80. The van der Waals surface area contributed by atoms with E-state index in [1.807, 2.05) is 10.0 Å². The summed E-state index contributed by atoms with van der Waals surface area (Å²) in [6.07, 6.45) is -0.153. The van der Waals surface area contributed by atoms with E-state index in [0.29, 0.717) is 10.2 Å². The van der Waals surface area contributed by atoms with Gasteiger partial charge in [-0.05, 0) is 49.4 Å². The van der Waals surface area contributed by atoms with Crippen LogP contribution in [0.5, 0.6) is 0 Å². The van der Waals surface area contributed by atoms with Gasteiger partial charge in [-0.25, -0.2) is 10.0 Å². The molecular weight excluding hydrogens is 336 g/mol. The molecule has 0 radical (unpaired) electrons. The van der Waals surface area contributed by atoms with Crippen molar-refractivity contribution in [3.8, 4) is 0 Å². The zero-order chi connectivity index (χ0) is 16.8. The van der Waals surface area contributed by atoms with Gasteiger partial charge in [-0.2, -0.15) is 0 Å². The van der Waals surface area contributed by atoms with E-state index in [4.69, 9.17) is 24.4 Å². The van der Waals surface area contributed by atoms with Crippen LogP contribution in [-0.2, 0) is 0 Å². The standard InChI is InChI=1S/C18H18N4S2/c1-11-5-3-7-13(9-11)15-19-17(23)22-16(20-18(24)21(15)22)14-8-4-6-12(2)10-14/h3-10,15-16H,1-2H3,(H,19,23)(H,20,24)/t15-,16-/m0/s1. The minimum absolute atomic E-state index is 0.0767. The van der Waals surface area contributed by atoms with Gasteiger partial charge in [0.2, 0.25) is 0 Å². The molecule has 4 nitrogen and oxygen atoms in total. The Labute approximate surface area is 152 Å². The number of thiocarbonyl (C=S) groups is 2. The van der Waals surface area contributed by atoms with Crippen LogP contribution in [0, 0.1) is 13.8 Å². The second-order valence-corrected chi connectivity index (χ2v) is 6.99. The van der Waals surface area contributed by atoms with Gasteiger partial charge < -0.3 is 10.6 Å². The number of rotatable bonds is 2. The fourth-order valence-electron chi connectivity index (χ4n) is 3.30. The van der Waals surface area contributed by atoms with E-state index in [9.17, 15) is 0 Å². The Balaban J connectivity index is 1.72. The maximum absolute atomic E-state index is 5.60. The molecule has 0 aliphatic carbocycles. The molecule has 2 atom stereocenters. The fourth-order valence-corrected chi connectivity index (χ4v) is 3.91. The molecule has 6 heteroatoms. The second-order valence-electron chi connectivity index (χ2n) is 6.22. The van der Waals surface area contributed by atoms with E-state index in [2.05, 4.69) is 73.0 Å². The summed E-state index contributed by atoms with van der Waals surface area (Å²) in [5.74, 6) is 0. The SMILES string of the molecule is Cc1cccc([C@H]2NC(=S)N3[C@@H](c4cccc(C)c4)NC(=S)N23)c1. The molecule has 122 valence electrons. The maximum Gasteiger partial charge on any atom is 0.192 e. The number of aryl methyl sites for hydroxylation is 2. The van der Waals surface area contributed by atoms with Crippen molar-refractivity contribution in [2.75, 3.05) is 0 Å². The number of nitrogens with one attached hydrogen (secondary N) is 2. The molecule has 2 aromatic rings. The van der Waals surface area contributed by atoms with Crippen molar-refractivity contribution in [1.82, 2.24) is 20.7 Å². The van der Waals surface area contributed by atoms with Crippen LogP contribution < -0.4 is 10.6 Å². The quantitative estimate of drug-likeness (QED) is 0.805. The van der Waals surface area contributed by atoms with Crippen molar-refractivity contribution in [3.05, 3.63) is 70.8 Å². The van der Waals surface area contributed by atoms with Gasteiger partial charge in [-0.1, -0.05) is 59.7 Å². The molecule has 0 amide bonds. The summed E-state index contributed by atoms with van der Waals surface area (Å²) in [5, 5.41) is 12.2. The maximum atomic E-state index is 5.60. The molecule has 0 bridgehead atoms. The van der Waals surface area contributed by atoms with Crippen LogP contribution in [0.25, 0.3) is 0 Å². The van der Waals surface area contributed by atoms with Crippen LogP contribution in [0.3, 0.4) is 0 Å². The van der Waals surface area contributed by atoms with Crippen molar-refractivity contribution in [2.45, 2.75) is 26.2 Å². The molecule has 4 rings (SSSR count). The Bertz CT molecular complexity index is 766. The van der Waals surface area contributed by atoms with Gasteiger partial charge in [0, 0.05) is 0 Å². The Kier molecular flexibility index (Phi) is 3.66. The average Bonchev–Trinajstić information content (AvgIpc) is 3.07. The van der Waals surface area contributed by atoms with Crippen molar-refractivity contribution in [3.63, 3.8) is 0 Å². The third-order valence-corrected chi connectivity index (χ3v) is 4.98. The highest BCUT2D eigenvalue weighted by atomic mass is 32.1. The lowest BCUT2D eigenvalue weighted by atomic mass is 10.1. The third kappa shape index (κ3) is 2.42. The van der Waals surface area contributed by atoms with Gasteiger partial charge in [-0.15, -0.1) is 0 Å². The smallest absolute Gasteiger partial charge is 0.192 e. The van der Waals surface area contributed by atoms with E-state index < -0.39 is 0 Å². The molecule has 24 heavy (non-hydrogen) atoms. The molecule has 0 unspecified atom stereocenters. The molecule has 2 saturated heterocycles. The Morgan fingerprint density at radius 2 is 1.17 bits per heavy atom. The molecular formula is C18H18N4S2. The van der Waals surface area contributed by atoms with Gasteiger partial charge in [0.05, 0.1) is 0 Å². The Morgan fingerprint density at radius 1 is 0.750 bits per heavy atom. The molecule has 2 aromatic carbocycles. The van der Waals surface area contributed by atoms with Gasteiger partial charge in [-0.3, -0.25) is 0 Å². The topological polar surface area (TPSA) is 30.5 Å². The van der Waals surface area contributed by atoms with Crippen LogP contribution in [0.2, 0.25) is 0 Å². The van der Waals surface area contributed by atoms with E-state index >= 15 is 0 Å². The van der Waals surface area contributed by atoms with Gasteiger partial charge in [0.15, 0.2) is 10.2 Å². The molecule has 2 heterocycles. The number of hydrogen-bond acceptors (Lipinski definition) is 2. The molecule has 0 aromatic heterocycles. The fraction of sp³-hybridized carbons (Fsp3) is 0.222. The number of nitrogens with zero attached hydrogens (tertiary/aromatic N) is 2. The summed E-state index contributed by atoms with van der Waals surface area (Å²) >= 11 is 11.2. The molecule has 2 aliphatic heterocycles. The van der Waals surface area contributed by atoms with E-state index in [1.165, 1.54) is 11.1 Å². The Hall–Kier alpha value is -2.18. The summed E-state index contributed by atoms with van der Waals surface area (Å²) < 4.78 is 0. The summed E-state index contributed by atoms with van der Waals surface area (Å²) in [4.78, 5) is 0. The molecule has 2 aliphatic rings. The lowest BCUT2D eigenvalue weighted by molar-refractivity contribution is 0.114. The minimum Gasteiger partial charge on any atom is -0.336 e. The number of benzene rings is 2. The molecule has 2 fully saturated rings. The zero-order valence-electron chi connectivity index (χ0n) is 13.5. The highest BCUT2D eigenvalue weighted by Crippen LogP contribution is 2.36. The summed E-state index contributed by atoms with van der Waals surface area (Å²) in [6.45, 7) is 4.18. The van der Waals surface area contributed by atoms with Gasteiger partial charge >= 0.3 is 0 Å². The van der Waals surface area contributed by atoms with E-state index in [0.717, 1.165) is 11.1 Å². The second kappa shape index (κ2) is 5.72. The predicted octanol–water partition coefficient (Wildman–Crippen LogP) is 3.30. The van der Waals surface area contributed by atoms with Gasteiger partial charge in [0.25, 0.3) is 0 Å². The van der Waals surface area contributed by atoms with Crippen molar-refractivity contribution >= 4 is 34.7 Å². The Morgan fingerprint density at radius 3 is 1.54 bits per heavy atom. The first-order valence-electron chi connectivity index (χ1n) is 7.87. The summed E-state index contributed by atoms with van der Waals surface area (Å²) in [7, 11) is 0. The lowest BCUT2D eigenvalue weighted by Crippen LogP contribution is -2.36. The zero-order valence-corrected chi connectivity index (χ0v) is 15.1. The van der Waals surface area contributed by atoms with Gasteiger partial charge in [0.1, 0.15) is 12.3 Å². The number of fused-ring (bicyclic) bond motifs is 1. The van der Waals surface area contributed by atoms with E-state index in [1.54, 1.807) is 0 Å². The first-order valence-corrected chi connectivity index (χ1v) is 8.69. The minimum atomic E-state index is -0.0767. The van der Waals surface area contributed by atoms with Crippen LogP contribution in [-0.4, -0.2) is 20.2 Å². The summed E-state index contributed by atoms with van der Waals surface area (Å²) in [5.41, 5.74) is 4.72. The first kappa shape index (κ1) is 15.4. The van der Waals surface area contributed by atoms with Crippen molar-refractivity contribution in [2.24, 2.45) is 0 Å². The number of hydrogen-bond donors (Lipinski definition) is 2. The van der Waals surface area contributed by atoms with E-state index in [-0.39, 0.29) is 12.3 Å². The number of hydrazine groups is 1. The van der Waals surface area contributed by atoms with Crippen LogP contribution in [0.15, 0.2) is 48.5 Å². The third-order valence-electron chi connectivity index (χ3n) is 4.37. The van der Waals surface area contributed by atoms with Crippen LogP contribution in [0.4, 0.5) is 0 Å². The first-order chi connectivity index (χ1) is 11.5. The summed E-state index contributed by atoms with van der Waals surface area (Å²) in [6, 6.07) is 16.8. The predicted molar refractivity (Wildman–Crippen MR) is 103 cm³/mol. The van der Waals surface area contributed by atoms with Crippen LogP contribution in [0.1, 0.15) is 34.6 Å². The molecule has 0 saturated carbocycles. The molecule has 2 N–H and O–H groups in total. The highest BCUT2D eigenvalue weighted by Gasteiger charge is 2.47.